The van der Waals surface area contributed by atoms with Gasteiger partial charge < -0.3 is 0 Å². The molecule has 0 aliphatic carbocycles. The van der Waals surface area contributed by atoms with Crippen LogP contribution in [0.15, 0.2) is 0 Å². The first-order valence-corrected chi connectivity index (χ1v) is 1.85. The van der Waals surface area contributed by atoms with Crippen LogP contribution in [0.2, 0.25) is 0 Å². The molecule has 0 unspecified atom stereocenters. The Labute approximate surface area is 62.2 Å². The van der Waals surface area contributed by atoms with E-state index in [-0.39, 0.29) is 23.9 Å². The average molecular weight is 207 g/mol. The molecule has 0 N–H and O–H groups in total. The molecule has 0 amide bonds. The Kier molecular flexibility index (Phi) is 4.92. The molecule has 0 radical (unpaired) electrons. The number of rotatable bonds is 0. The predicted octanol–water partition coefficient (Wildman–Crippen LogP) is -1.17. The number of hydrogen-bond acceptors (Lipinski definition) is 0. The fraction of sp³-hybridized carbons (Fsp3) is 0.600. The Bertz CT molecular complexity index is 75.1. The number of quaternary nitrogens is 1. The van der Waals surface area contributed by atoms with Crippen LogP contribution in [-0.2, 0) is 0 Å². The van der Waals surface area contributed by atoms with Crippen LogP contribution in [-0.4, -0.2) is 49.5 Å². The quantitative estimate of drug-likeness (QED) is 0.267. The van der Waals surface area contributed by atoms with Crippen molar-refractivity contribution in [1.29, 1.82) is 0 Å². The van der Waals surface area contributed by atoms with E-state index in [1.54, 1.807) is 0 Å². The van der Waals surface area contributed by atoms with Crippen molar-refractivity contribution in [2.45, 2.75) is 0 Å². The van der Waals surface area contributed by atoms with E-state index in [0.29, 0.717) is 4.48 Å². The molecule has 0 aromatic rings. The van der Waals surface area contributed by atoms with Gasteiger partial charge in [0.25, 0.3) is 0 Å². The van der Waals surface area contributed by atoms with Crippen LogP contribution in [0.3, 0.4) is 0 Å². The molecule has 0 saturated heterocycles. The van der Waals surface area contributed by atoms with Gasteiger partial charge in [-0.05, 0) is 0 Å². The van der Waals surface area contributed by atoms with Gasteiger partial charge in [0.05, 0.1) is 21.1 Å². The van der Waals surface area contributed by atoms with Gasteiger partial charge in [0.2, 0.25) is 0 Å². The van der Waals surface area contributed by atoms with Crippen molar-refractivity contribution in [2.75, 3.05) is 21.1 Å². The van der Waals surface area contributed by atoms with E-state index < -0.39 is 0 Å². The molecule has 0 rings (SSSR count). The Morgan fingerprint density at radius 3 is 1.43 bits per heavy atom. The van der Waals surface area contributed by atoms with Crippen molar-refractivity contribution >= 4 is 23.9 Å². The number of terminal acetylenes is 1. The van der Waals surface area contributed by atoms with Crippen molar-refractivity contribution in [2.24, 2.45) is 0 Å². The first kappa shape index (κ1) is 10.3. The normalized spacial score (nSPS) is 8.86. The van der Waals surface area contributed by atoms with Crippen molar-refractivity contribution in [3.05, 3.63) is 0 Å². The maximum atomic E-state index is 5.03. The molecule has 1 nitrogen and oxygen atoms in total. The summed E-state index contributed by atoms with van der Waals surface area (Å²) in [6.07, 6.45) is 5.03. The zero-order chi connectivity index (χ0) is 5.21. The topological polar surface area (TPSA) is 0 Å². The monoisotopic (exact) mass is 208 g/mol. The van der Waals surface area contributed by atoms with E-state index in [1.807, 2.05) is 21.1 Å². The summed E-state index contributed by atoms with van der Waals surface area (Å²) in [5.41, 5.74) is 0. The summed E-state index contributed by atoms with van der Waals surface area (Å²) in [6.45, 7) is 0. The zero-order valence-corrected chi connectivity index (χ0v) is 4.52. The second-order valence-electron chi connectivity index (χ2n) is 2.14. The van der Waals surface area contributed by atoms with Gasteiger partial charge in [0.15, 0.2) is 0 Å². The molecule has 0 saturated carbocycles. The summed E-state index contributed by atoms with van der Waals surface area (Å²) < 4.78 is 0.597. The number of hydrogen-bond donors (Lipinski definition) is 0. The Balaban J connectivity index is 0. The predicted molar refractivity (Wildman–Crippen MR) is 38.2 cm³/mol. The van der Waals surface area contributed by atoms with Crippen LogP contribution < -0.4 is 0 Å². The molecule has 7 heavy (non-hydrogen) atoms. The SMILES string of the molecule is C#C[N+](C)(C)C.[SnH4]. The van der Waals surface area contributed by atoms with Gasteiger partial charge in [-0.15, -0.1) is 0 Å². The molecule has 0 heterocycles. The van der Waals surface area contributed by atoms with Crippen molar-refractivity contribution in [1.82, 2.24) is 0 Å². The van der Waals surface area contributed by atoms with Crippen molar-refractivity contribution < 1.29 is 4.48 Å². The van der Waals surface area contributed by atoms with E-state index in [1.165, 1.54) is 0 Å². The van der Waals surface area contributed by atoms with E-state index in [4.69, 9.17) is 6.42 Å². The molecule has 0 aromatic carbocycles. The second kappa shape index (κ2) is 3.34. The van der Waals surface area contributed by atoms with E-state index in [0.717, 1.165) is 0 Å². The molecule has 0 aliphatic heterocycles. The molecule has 0 aliphatic rings. The molecular weight excluding hydrogens is 193 g/mol. The standard InChI is InChI=1S/C5H10N.Sn.4H/c1-5-6(2,3)4;;;;;/h1H,2-4H3;;;;;/q+1;;;;;. The Morgan fingerprint density at radius 1 is 1.29 bits per heavy atom. The fourth-order valence-corrected chi connectivity index (χ4v) is 0. The molecule has 42 valence electrons. The second-order valence-corrected chi connectivity index (χ2v) is 2.14. The Hall–Kier alpha value is 0.319. The van der Waals surface area contributed by atoms with Crippen LogP contribution in [0.25, 0.3) is 0 Å². The molecule has 0 spiro atoms. The molecule has 0 aromatic heterocycles. The summed E-state index contributed by atoms with van der Waals surface area (Å²) in [5.74, 6) is 0. The van der Waals surface area contributed by atoms with E-state index >= 15 is 0 Å². The first-order valence-electron chi connectivity index (χ1n) is 1.85. The van der Waals surface area contributed by atoms with Gasteiger partial charge in [0.1, 0.15) is 6.04 Å². The van der Waals surface area contributed by atoms with Crippen LogP contribution in [0.1, 0.15) is 0 Å². The first-order chi connectivity index (χ1) is 2.56. The fourth-order valence-electron chi connectivity index (χ4n) is 0. The van der Waals surface area contributed by atoms with Gasteiger partial charge >= 0.3 is 23.9 Å². The third kappa shape index (κ3) is 10.7. The summed E-state index contributed by atoms with van der Waals surface area (Å²) in [4.78, 5) is 0. The van der Waals surface area contributed by atoms with Gasteiger partial charge in [-0.1, -0.05) is 6.42 Å². The van der Waals surface area contributed by atoms with Crippen LogP contribution >= 0.6 is 0 Å². The summed E-state index contributed by atoms with van der Waals surface area (Å²) in [7, 11) is 5.83. The minimum absolute atomic E-state index is 0. The molecule has 0 bridgehead atoms. The van der Waals surface area contributed by atoms with Crippen LogP contribution in [0.5, 0.6) is 0 Å². The molecule has 0 atom stereocenters. The van der Waals surface area contributed by atoms with Crippen molar-refractivity contribution in [3.63, 3.8) is 0 Å². The third-order valence-electron chi connectivity index (χ3n) is 0.387. The summed E-state index contributed by atoms with van der Waals surface area (Å²) in [6, 6.07) is 2.54. The average Bonchev–Trinajstić information content (AvgIpc) is 1.35. The molecule has 2 heteroatoms. The van der Waals surface area contributed by atoms with Crippen LogP contribution in [0, 0.1) is 12.5 Å². The van der Waals surface area contributed by atoms with Gasteiger partial charge in [-0.3, -0.25) is 4.48 Å². The van der Waals surface area contributed by atoms with Gasteiger partial charge in [-0.25, -0.2) is 0 Å². The van der Waals surface area contributed by atoms with Crippen LogP contribution in [0.4, 0.5) is 0 Å². The van der Waals surface area contributed by atoms with Gasteiger partial charge in [0, 0.05) is 0 Å². The summed E-state index contributed by atoms with van der Waals surface area (Å²) >= 11 is 0. The van der Waals surface area contributed by atoms with Gasteiger partial charge in [-0.2, -0.15) is 0 Å². The van der Waals surface area contributed by atoms with E-state index in [9.17, 15) is 0 Å². The summed E-state index contributed by atoms with van der Waals surface area (Å²) in [5, 5.41) is 0. The molecule has 0 fully saturated rings. The van der Waals surface area contributed by atoms with E-state index in [2.05, 4.69) is 6.04 Å². The zero-order valence-electron chi connectivity index (χ0n) is 4.52. The molecular formula is C5H14NSn+. The third-order valence-corrected chi connectivity index (χ3v) is 0.387. The van der Waals surface area contributed by atoms with Crippen molar-refractivity contribution in [3.8, 4) is 12.5 Å². The Morgan fingerprint density at radius 2 is 1.43 bits per heavy atom. The maximum absolute atomic E-state index is 5.03. The minimum atomic E-state index is 0. The number of nitrogens with zero attached hydrogens (tertiary/aromatic N) is 1.